The molecule has 118 valence electrons. The van der Waals surface area contributed by atoms with Gasteiger partial charge in [0.1, 0.15) is 12.1 Å². The lowest BCUT2D eigenvalue weighted by Gasteiger charge is -2.42. The van der Waals surface area contributed by atoms with E-state index in [-0.39, 0.29) is 12.0 Å². The first-order valence-corrected chi connectivity index (χ1v) is 7.37. The van der Waals surface area contributed by atoms with Gasteiger partial charge in [-0.2, -0.15) is 0 Å². The van der Waals surface area contributed by atoms with E-state index in [2.05, 4.69) is 14.9 Å². The smallest absolute Gasteiger partial charge is 0.132 e. The maximum atomic E-state index is 9.84. The lowest BCUT2D eigenvalue weighted by molar-refractivity contribution is 0.0624. The van der Waals surface area contributed by atoms with E-state index < -0.39 is 0 Å². The molecule has 0 bridgehead atoms. The number of piperidine rings is 1. The second-order valence-corrected chi connectivity index (χ2v) is 5.73. The Bertz CT molecular complexity index is 444. The molecule has 1 saturated heterocycles. The van der Waals surface area contributed by atoms with Crippen LogP contribution in [-0.2, 0) is 16.1 Å². The summed E-state index contributed by atoms with van der Waals surface area (Å²) in [6.07, 6.45) is 4.52. The summed E-state index contributed by atoms with van der Waals surface area (Å²) in [6.45, 7) is 3.10. The van der Waals surface area contributed by atoms with Gasteiger partial charge >= 0.3 is 0 Å². The third-order valence-corrected chi connectivity index (χ3v) is 4.16. The molecule has 0 saturated carbocycles. The molecule has 1 aliphatic rings. The summed E-state index contributed by atoms with van der Waals surface area (Å²) >= 11 is 0. The van der Waals surface area contributed by atoms with Crippen LogP contribution in [0.25, 0.3) is 0 Å². The van der Waals surface area contributed by atoms with Crippen molar-refractivity contribution in [1.82, 2.24) is 9.97 Å². The molecule has 2 heterocycles. The molecule has 0 amide bonds. The van der Waals surface area contributed by atoms with E-state index in [0.29, 0.717) is 13.2 Å². The van der Waals surface area contributed by atoms with E-state index >= 15 is 0 Å². The van der Waals surface area contributed by atoms with Crippen molar-refractivity contribution >= 4 is 5.82 Å². The maximum Gasteiger partial charge on any atom is 0.132 e. The quantitative estimate of drug-likeness (QED) is 0.816. The number of nitrogens with zero attached hydrogens (tertiary/aromatic N) is 3. The molecule has 1 aromatic heterocycles. The fourth-order valence-corrected chi connectivity index (χ4v) is 2.92. The number of rotatable bonds is 7. The standard InChI is InChI=1S/C15H25N3O3/c1-20-7-5-15(11-19)4-3-6-18(10-15)14-8-13(9-21-2)16-12-17-14/h8,12,19H,3-7,9-11H2,1-2H3. The maximum absolute atomic E-state index is 9.84. The minimum Gasteiger partial charge on any atom is -0.396 e. The van der Waals surface area contributed by atoms with E-state index in [9.17, 15) is 5.11 Å². The van der Waals surface area contributed by atoms with Gasteiger partial charge in [-0.25, -0.2) is 9.97 Å². The van der Waals surface area contributed by atoms with Gasteiger partial charge in [0.15, 0.2) is 0 Å². The van der Waals surface area contributed by atoms with Crippen LogP contribution in [0.4, 0.5) is 5.82 Å². The molecular formula is C15H25N3O3. The Morgan fingerprint density at radius 1 is 1.33 bits per heavy atom. The molecule has 1 aromatic rings. The largest absolute Gasteiger partial charge is 0.396 e. The van der Waals surface area contributed by atoms with Gasteiger partial charge in [-0.3, -0.25) is 0 Å². The van der Waals surface area contributed by atoms with Crippen LogP contribution in [0.2, 0.25) is 0 Å². The fraction of sp³-hybridized carbons (Fsp3) is 0.733. The first kappa shape index (κ1) is 16.1. The minimum absolute atomic E-state index is 0.0966. The van der Waals surface area contributed by atoms with Crippen LogP contribution in [0, 0.1) is 5.41 Å². The van der Waals surface area contributed by atoms with Crippen LogP contribution in [0.1, 0.15) is 25.0 Å². The predicted molar refractivity (Wildman–Crippen MR) is 80.2 cm³/mol. The molecule has 1 atom stereocenters. The molecule has 1 fully saturated rings. The fourth-order valence-electron chi connectivity index (χ4n) is 2.92. The number of aliphatic hydroxyl groups is 1. The molecule has 0 spiro atoms. The van der Waals surface area contributed by atoms with Gasteiger partial charge in [0, 0.05) is 45.4 Å². The van der Waals surface area contributed by atoms with Crippen LogP contribution in [-0.4, -0.2) is 55.6 Å². The monoisotopic (exact) mass is 295 g/mol. The Kier molecular flexibility index (Phi) is 5.90. The molecule has 1 N–H and O–H groups in total. The number of ether oxygens (including phenoxy) is 2. The number of aliphatic hydroxyl groups excluding tert-OH is 1. The highest BCUT2D eigenvalue weighted by Crippen LogP contribution is 2.34. The Morgan fingerprint density at radius 2 is 2.19 bits per heavy atom. The highest BCUT2D eigenvalue weighted by atomic mass is 16.5. The van der Waals surface area contributed by atoms with Gasteiger partial charge < -0.3 is 19.5 Å². The molecular weight excluding hydrogens is 270 g/mol. The summed E-state index contributed by atoms with van der Waals surface area (Å²) in [4.78, 5) is 10.8. The van der Waals surface area contributed by atoms with E-state index in [0.717, 1.165) is 43.9 Å². The van der Waals surface area contributed by atoms with Crippen LogP contribution in [0.3, 0.4) is 0 Å². The van der Waals surface area contributed by atoms with E-state index in [4.69, 9.17) is 9.47 Å². The lowest BCUT2D eigenvalue weighted by atomic mass is 9.78. The van der Waals surface area contributed by atoms with Crippen molar-refractivity contribution < 1.29 is 14.6 Å². The molecule has 6 heteroatoms. The molecule has 1 unspecified atom stereocenters. The third kappa shape index (κ3) is 4.12. The molecule has 6 nitrogen and oxygen atoms in total. The highest BCUT2D eigenvalue weighted by molar-refractivity contribution is 5.40. The Morgan fingerprint density at radius 3 is 2.90 bits per heavy atom. The molecule has 1 aliphatic heterocycles. The van der Waals surface area contributed by atoms with Crippen molar-refractivity contribution in [2.75, 3.05) is 45.4 Å². The van der Waals surface area contributed by atoms with Crippen LogP contribution >= 0.6 is 0 Å². The van der Waals surface area contributed by atoms with Crippen molar-refractivity contribution in [1.29, 1.82) is 0 Å². The van der Waals surface area contributed by atoms with Crippen LogP contribution < -0.4 is 4.90 Å². The number of hydrogen-bond donors (Lipinski definition) is 1. The van der Waals surface area contributed by atoms with Crippen molar-refractivity contribution in [3.05, 3.63) is 18.1 Å². The van der Waals surface area contributed by atoms with E-state index in [1.807, 2.05) is 6.07 Å². The zero-order valence-corrected chi connectivity index (χ0v) is 12.9. The van der Waals surface area contributed by atoms with Crippen molar-refractivity contribution in [3.8, 4) is 0 Å². The number of hydrogen-bond acceptors (Lipinski definition) is 6. The average molecular weight is 295 g/mol. The predicted octanol–water partition coefficient (Wildman–Crippen LogP) is 1.24. The normalized spacial score (nSPS) is 22.5. The molecule has 0 radical (unpaired) electrons. The SMILES string of the molecule is COCCC1(CO)CCCN(c2cc(COC)ncn2)C1. The van der Waals surface area contributed by atoms with Gasteiger partial charge in [0.25, 0.3) is 0 Å². The highest BCUT2D eigenvalue weighted by Gasteiger charge is 2.35. The molecule has 0 aromatic carbocycles. The number of aromatic nitrogens is 2. The van der Waals surface area contributed by atoms with Crippen molar-refractivity contribution in [2.24, 2.45) is 5.41 Å². The Balaban J connectivity index is 2.10. The zero-order chi connectivity index (χ0) is 15.1. The minimum atomic E-state index is -0.0966. The van der Waals surface area contributed by atoms with Crippen LogP contribution in [0.5, 0.6) is 0 Å². The summed E-state index contributed by atoms with van der Waals surface area (Å²) < 4.78 is 10.3. The van der Waals surface area contributed by atoms with Gasteiger partial charge in [-0.15, -0.1) is 0 Å². The van der Waals surface area contributed by atoms with Gasteiger partial charge in [-0.1, -0.05) is 0 Å². The third-order valence-electron chi connectivity index (χ3n) is 4.16. The second kappa shape index (κ2) is 7.68. The number of methoxy groups -OCH3 is 2. The Hall–Kier alpha value is -1.24. The molecule has 2 rings (SSSR count). The summed E-state index contributed by atoms with van der Waals surface area (Å²) in [5.74, 6) is 0.909. The van der Waals surface area contributed by atoms with Crippen molar-refractivity contribution in [2.45, 2.75) is 25.9 Å². The van der Waals surface area contributed by atoms with Gasteiger partial charge in [0.2, 0.25) is 0 Å². The first-order valence-electron chi connectivity index (χ1n) is 7.37. The average Bonchev–Trinajstić information content (AvgIpc) is 2.54. The summed E-state index contributed by atoms with van der Waals surface area (Å²) in [7, 11) is 3.36. The Labute approximate surface area is 126 Å². The number of anilines is 1. The lowest BCUT2D eigenvalue weighted by Crippen LogP contribution is -2.46. The second-order valence-electron chi connectivity index (χ2n) is 5.73. The summed E-state index contributed by atoms with van der Waals surface area (Å²) in [5.41, 5.74) is 0.778. The first-order chi connectivity index (χ1) is 10.2. The van der Waals surface area contributed by atoms with E-state index in [1.165, 1.54) is 0 Å². The van der Waals surface area contributed by atoms with E-state index in [1.54, 1.807) is 20.5 Å². The van der Waals surface area contributed by atoms with Gasteiger partial charge in [0.05, 0.1) is 18.9 Å². The van der Waals surface area contributed by atoms with Gasteiger partial charge in [-0.05, 0) is 19.3 Å². The molecule has 0 aliphatic carbocycles. The topological polar surface area (TPSA) is 67.7 Å². The molecule has 21 heavy (non-hydrogen) atoms. The van der Waals surface area contributed by atoms with Crippen LogP contribution in [0.15, 0.2) is 12.4 Å². The summed E-state index contributed by atoms with van der Waals surface area (Å²) in [6, 6.07) is 1.97. The zero-order valence-electron chi connectivity index (χ0n) is 12.9. The van der Waals surface area contributed by atoms with Crippen molar-refractivity contribution in [3.63, 3.8) is 0 Å². The summed E-state index contributed by atoms with van der Waals surface area (Å²) in [5, 5.41) is 9.84.